The first kappa shape index (κ1) is 7.68. The lowest BCUT2D eigenvalue weighted by Gasteiger charge is -2.06. The van der Waals surface area contributed by atoms with E-state index in [1.807, 2.05) is 0 Å². The summed E-state index contributed by atoms with van der Waals surface area (Å²) in [6, 6.07) is 0. The SMILES string of the molecule is CC=C(C(=O)[O-])C(=O)[O-]. The molecule has 50 valence electrons. The zero-order chi connectivity index (χ0) is 7.44. The van der Waals surface area contributed by atoms with Gasteiger partial charge in [0.05, 0.1) is 11.9 Å². The lowest BCUT2D eigenvalue weighted by atomic mass is 10.3. The highest BCUT2D eigenvalue weighted by atomic mass is 16.4. The normalized spacial score (nSPS) is 8.11. The number of carboxylic acids is 2. The predicted molar refractivity (Wildman–Crippen MR) is 23.8 cm³/mol. The van der Waals surface area contributed by atoms with E-state index in [2.05, 4.69) is 0 Å². The average Bonchev–Trinajstić information content (AvgIpc) is 1.64. The van der Waals surface area contributed by atoms with Crippen LogP contribution in [0.3, 0.4) is 0 Å². The second kappa shape index (κ2) is 2.86. The second-order valence-corrected chi connectivity index (χ2v) is 1.28. The smallest absolute Gasteiger partial charge is 0.0730 e. The summed E-state index contributed by atoms with van der Waals surface area (Å²) < 4.78 is 0. The number of aliphatic carboxylic acids is 2. The highest BCUT2D eigenvalue weighted by Crippen LogP contribution is 1.87. The molecular formula is C5H4O4-2. The number of rotatable bonds is 2. The van der Waals surface area contributed by atoms with Crippen LogP contribution in [0.2, 0.25) is 0 Å². The maximum absolute atomic E-state index is 9.77. The first-order valence-electron chi connectivity index (χ1n) is 2.18. The Morgan fingerprint density at radius 3 is 1.56 bits per heavy atom. The maximum Gasteiger partial charge on any atom is 0.0730 e. The first-order valence-corrected chi connectivity index (χ1v) is 2.18. The number of carbonyl (C=O) groups is 2. The standard InChI is InChI=1S/C5H6O4/c1-2-3(4(6)7)5(8)9/h2H,1H3,(H,6,7)(H,8,9)/p-2. The van der Waals surface area contributed by atoms with E-state index < -0.39 is 17.5 Å². The summed E-state index contributed by atoms with van der Waals surface area (Å²) in [5.41, 5.74) is -0.824. The fourth-order valence-corrected chi connectivity index (χ4v) is 0.319. The van der Waals surface area contributed by atoms with Crippen molar-refractivity contribution >= 4 is 11.9 Å². The Hall–Kier alpha value is -1.32. The van der Waals surface area contributed by atoms with Gasteiger partial charge in [0.15, 0.2) is 0 Å². The molecule has 0 aromatic carbocycles. The van der Waals surface area contributed by atoms with Crippen molar-refractivity contribution in [3.8, 4) is 0 Å². The third-order valence-corrected chi connectivity index (χ3v) is 0.729. The van der Waals surface area contributed by atoms with E-state index in [-0.39, 0.29) is 0 Å². The lowest BCUT2D eigenvalue weighted by molar-refractivity contribution is -0.312. The Labute approximate surface area is 51.4 Å². The predicted octanol–water partition coefficient (Wildman–Crippen LogP) is -2.57. The summed E-state index contributed by atoms with van der Waals surface area (Å²) in [7, 11) is 0. The summed E-state index contributed by atoms with van der Waals surface area (Å²) in [5.74, 6) is -3.45. The van der Waals surface area contributed by atoms with Crippen LogP contribution in [0.15, 0.2) is 11.6 Å². The molecule has 9 heavy (non-hydrogen) atoms. The van der Waals surface area contributed by atoms with Crippen molar-refractivity contribution in [2.24, 2.45) is 0 Å². The van der Waals surface area contributed by atoms with Crippen LogP contribution in [0.25, 0.3) is 0 Å². The van der Waals surface area contributed by atoms with Gasteiger partial charge in [0.25, 0.3) is 0 Å². The van der Waals surface area contributed by atoms with Gasteiger partial charge in [-0.05, 0) is 6.92 Å². The molecule has 0 aromatic heterocycles. The van der Waals surface area contributed by atoms with E-state index in [1.165, 1.54) is 6.92 Å². The number of hydrogen-bond acceptors (Lipinski definition) is 4. The Kier molecular flexibility index (Phi) is 2.44. The number of carbonyl (C=O) groups excluding carboxylic acids is 2. The molecule has 4 nitrogen and oxygen atoms in total. The summed E-state index contributed by atoms with van der Waals surface area (Å²) in [5, 5.41) is 19.5. The van der Waals surface area contributed by atoms with Crippen LogP contribution >= 0.6 is 0 Å². The van der Waals surface area contributed by atoms with Crippen molar-refractivity contribution in [2.45, 2.75) is 6.92 Å². The van der Waals surface area contributed by atoms with Crippen LogP contribution in [0, 0.1) is 0 Å². The second-order valence-electron chi connectivity index (χ2n) is 1.28. The summed E-state index contributed by atoms with van der Waals surface area (Å²) in [4.78, 5) is 19.5. The molecule has 0 saturated heterocycles. The molecule has 0 aliphatic carbocycles. The molecule has 0 spiro atoms. The van der Waals surface area contributed by atoms with E-state index in [4.69, 9.17) is 0 Å². The van der Waals surface area contributed by atoms with Crippen LogP contribution in [-0.4, -0.2) is 11.9 Å². The largest absolute Gasteiger partial charge is 0.545 e. The molecule has 0 N–H and O–H groups in total. The molecule has 0 atom stereocenters. The molecule has 0 aliphatic rings. The molecule has 4 heteroatoms. The van der Waals surface area contributed by atoms with E-state index in [9.17, 15) is 19.8 Å². The van der Waals surface area contributed by atoms with Gasteiger partial charge in [0, 0.05) is 5.57 Å². The molecule has 0 bridgehead atoms. The first-order chi connectivity index (χ1) is 4.09. The highest BCUT2D eigenvalue weighted by Gasteiger charge is 1.94. The Bertz CT molecular complexity index is 152. The van der Waals surface area contributed by atoms with Crippen molar-refractivity contribution in [3.05, 3.63) is 11.6 Å². The molecule has 0 unspecified atom stereocenters. The van der Waals surface area contributed by atoms with Crippen molar-refractivity contribution in [1.82, 2.24) is 0 Å². The van der Waals surface area contributed by atoms with Crippen LogP contribution in [0.5, 0.6) is 0 Å². The minimum absolute atomic E-state index is 0.824. The van der Waals surface area contributed by atoms with Crippen molar-refractivity contribution in [3.63, 3.8) is 0 Å². The van der Waals surface area contributed by atoms with Crippen LogP contribution in [-0.2, 0) is 9.59 Å². The minimum Gasteiger partial charge on any atom is -0.545 e. The molecule has 0 radical (unpaired) electrons. The van der Waals surface area contributed by atoms with Crippen molar-refractivity contribution < 1.29 is 19.8 Å². The molecule has 0 amide bonds. The lowest BCUT2D eigenvalue weighted by Crippen LogP contribution is -2.35. The molecule has 0 saturated carbocycles. The zero-order valence-corrected chi connectivity index (χ0v) is 4.71. The van der Waals surface area contributed by atoms with E-state index in [0.717, 1.165) is 6.08 Å². The third-order valence-electron chi connectivity index (χ3n) is 0.729. The van der Waals surface area contributed by atoms with Gasteiger partial charge in [-0.2, -0.15) is 0 Å². The fraction of sp³-hybridized carbons (Fsp3) is 0.200. The quantitative estimate of drug-likeness (QED) is 0.232. The molecule has 0 heterocycles. The van der Waals surface area contributed by atoms with Gasteiger partial charge in [0.2, 0.25) is 0 Å². The third kappa shape index (κ3) is 1.94. The van der Waals surface area contributed by atoms with E-state index in [0.29, 0.717) is 0 Å². The van der Waals surface area contributed by atoms with E-state index in [1.54, 1.807) is 0 Å². The monoisotopic (exact) mass is 128 g/mol. The number of carboxylic acid groups (broad SMARTS) is 2. The highest BCUT2D eigenvalue weighted by molar-refractivity contribution is 6.10. The molecule has 0 aromatic rings. The van der Waals surface area contributed by atoms with Gasteiger partial charge in [-0.1, -0.05) is 6.08 Å². The molecule has 0 aliphatic heterocycles. The van der Waals surface area contributed by atoms with Crippen molar-refractivity contribution in [1.29, 1.82) is 0 Å². The average molecular weight is 128 g/mol. The van der Waals surface area contributed by atoms with Gasteiger partial charge in [-0.3, -0.25) is 0 Å². The molecule has 0 rings (SSSR count). The Balaban J connectivity index is 4.38. The summed E-state index contributed by atoms with van der Waals surface area (Å²) in [6.45, 7) is 1.28. The van der Waals surface area contributed by atoms with Gasteiger partial charge in [-0.15, -0.1) is 0 Å². The Morgan fingerprint density at radius 2 is 1.56 bits per heavy atom. The fourth-order valence-electron chi connectivity index (χ4n) is 0.319. The van der Waals surface area contributed by atoms with Gasteiger partial charge < -0.3 is 19.8 Å². The van der Waals surface area contributed by atoms with Crippen LogP contribution in [0.4, 0.5) is 0 Å². The zero-order valence-electron chi connectivity index (χ0n) is 4.71. The maximum atomic E-state index is 9.77. The summed E-state index contributed by atoms with van der Waals surface area (Å²) in [6.07, 6.45) is 0.907. The summed E-state index contributed by atoms with van der Waals surface area (Å²) >= 11 is 0. The van der Waals surface area contributed by atoms with Gasteiger partial charge >= 0.3 is 0 Å². The van der Waals surface area contributed by atoms with Crippen LogP contribution < -0.4 is 10.2 Å². The topological polar surface area (TPSA) is 80.3 Å². The molecular weight excluding hydrogens is 124 g/mol. The van der Waals surface area contributed by atoms with E-state index >= 15 is 0 Å². The van der Waals surface area contributed by atoms with Crippen molar-refractivity contribution in [2.75, 3.05) is 0 Å². The minimum atomic E-state index is -1.72. The number of allylic oxidation sites excluding steroid dienone is 1. The van der Waals surface area contributed by atoms with Gasteiger partial charge in [-0.25, -0.2) is 0 Å². The van der Waals surface area contributed by atoms with Crippen LogP contribution in [0.1, 0.15) is 6.92 Å². The Morgan fingerprint density at radius 1 is 1.22 bits per heavy atom. The number of hydrogen-bond donors (Lipinski definition) is 0. The molecule has 0 fully saturated rings. The van der Waals surface area contributed by atoms with Gasteiger partial charge in [0.1, 0.15) is 0 Å².